The molecule has 8 heteroatoms. The number of piperidine rings is 1. The number of likely N-dealkylation sites (tertiary alicyclic amines) is 1. The molecule has 0 unspecified atom stereocenters. The summed E-state index contributed by atoms with van der Waals surface area (Å²) in [6.45, 7) is 5.29. The Morgan fingerprint density at radius 3 is 1.84 bits per heavy atom. The summed E-state index contributed by atoms with van der Waals surface area (Å²) < 4.78 is 16.5. The topological polar surface area (TPSA) is 71.6 Å². The molecule has 32 heavy (non-hydrogen) atoms. The molecule has 3 aliphatic rings. The van der Waals surface area contributed by atoms with Gasteiger partial charge in [-0.25, -0.2) is 0 Å². The van der Waals surface area contributed by atoms with Crippen molar-refractivity contribution in [3.8, 4) is 17.2 Å². The van der Waals surface area contributed by atoms with Crippen molar-refractivity contribution < 1.29 is 23.8 Å². The van der Waals surface area contributed by atoms with Crippen LogP contribution in [0.2, 0.25) is 0 Å². The van der Waals surface area contributed by atoms with Gasteiger partial charge in [0.2, 0.25) is 17.6 Å². The average molecular weight is 446 g/mol. The van der Waals surface area contributed by atoms with Crippen LogP contribution in [-0.4, -0.2) is 87.1 Å². The first kappa shape index (κ1) is 22.7. The van der Waals surface area contributed by atoms with E-state index in [-0.39, 0.29) is 17.7 Å². The Morgan fingerprint density at radius 2 is 1.31 bits per heavy atom. The number of amides is 2. The third-order valence-corrected chi connectivity index (χ3v) is 6.95. The van der Waals surface area contributed by atoms with Gasteiger partial charge in [-0.2, -0.15) is 0 Å². The quantitative estimate of drug-likeness (QED) is 0.639. The number of carbonyl (C=O) groups excluding carboxylic acids is 2. The summed E-state index contributed by atoms with van der Waals surface area (Å²) >= 11 is 0. The lowest BCUT2D eigenvalue weighted by Gasteiger charge is -2.38. The number of methoxy groups -OCH3 is 3. The summed E-state index contributed by atoms with van der Waals surface area (Å²) in [6, 6.07) is 3.91. The lowest BCUT2D eigenvalue weighted by Crippen LogP contribution is -2.51. The number of carbonyl (C=O) groups is 2. The van der Waals surface area contributed by atoms with Crippen molar-refractivity contribution in [3.05, 3.63) is 17.7 Å². The van der Waals surface area contributed by atoms with Gasteiger partial charge in [0.1, 0.15) is 0 Å². The van der Waals surface area contributed by atoms with Crippen LogP contribution >= 0.6 is 0 Å². The first-order chi connectivity index (χ1) is 15.5. The van der Waals surface area contributed by atoms with Gasteiger partial charge in [0.15, 0.2) is 11.5 Å². The zero-order valence-electron chi connectivity index (χ0n) is 19.5. The zero-order chi connectivity index (χ0) is 22.7. The molecule has 2 amide bonds. The fraction of sp³-hybridized carbons (Fsp3) is 0.667. The van der Waals surface area contributed by atoms with Crippen molar-refractivity contribution in [2.75, 3.05) is 60.6 Å². The Hall–Kier alpha value is -2.48. The fourth-order valence-electron chi connectivity index (χ4n) is 4.85. The highest BCUT2D eigenvalue weighted by atomic mass is 16.5. The summed E-state index contributed by atoms with van der Waals surface area (Å²) in [5.41, 5.74) is 1.04. The Morgan fingerprint density at radius 1 is 0.750 bits per heavy atom. The minimum atomic E-state index is 0.0516. The van der Waals surface area contributed by atoms with E-state index in [4.69, 9.17) is 14.2 Å². The van der Waals surface area contributed by atoms with Crippen LogP contribution in [-0.2, 0) is 16.1 Å². The first-order valence-corrected chi connectivity index (χ1v) is 11.6. The molecule has 0 bridgehead atoms. The Kier molecular flexibility index (Phi) is 7.08. The monoisotopic (exact) mass is 445 g/mol. The molecule has 1 aromatic carbocycles. The van der Waals surface area contributed by atoms with Gasteiger partial charge >= 0.3 is 0 Å². The van der Waals surface area contributed by atoms with E-state index in [9.17, 15) is 9.59 Å². The Labute approximate surface area is 190 Å². The molecule has 1 aromatic rings. The number of benzene rings is 1. The molecule has 8 nitrogen and oxygen atoms in total. The highest BCUT2D eigenvalue weighted by Gasteiger charge is 2.37. The first-order valence-electron chi connectivity index (χ1n) is 11.6. The summed E-state index contributed by atoms with van der Waals surface area (Å²) in [7, 11) is 4.86. The largest absolute Gasteiger partial charge is 0.493 e. The number of hydrogen-bond acceptors (Lipinski definition) is 6. The predicted molar refractivity (Wildman–Crippen MR) is 120 cm³/mol. The van der Waals surface area contributed by atoms with E-state index in [1.807, 2.05) is 21.9 Å². The average Bonchev–Trinajstić information content (AvgIpc) is 3.69. The van der Waals surface area contributed by atoms with Crippen LogP contribution in [0.5, 0.6) is 17.2 Å². The van der Waals surface area contributed by atoms with Crippen LogP contribution < -0.4 is 14.2 Å². The smallest absolute Gasteiger partial charge is 0.225 e. The maximum absolute atomic E-state index is 13.0. The lowest BCUT2D eigenvalue weighted by atomic mass is 9.94. The molecule has 176 valence electrons. The van der Waals surface area contributed by atoms with Gasteiger partial charge in [0.25, 0.3) is 0 Å². The maximum Gasteiger partial charge on any atom is 0.225 e. The summed E-state index contributed by atoms with van der Waals surface area (Å²) in [4.78, 5) is 31.6. The van der Waals surface area contributed by atoms with Crippen LogP contribution in [0.25, 0.3) is 0 Å². The molecule has 0 radical (unpaired) electrons. The molecule has 0 atom stereocenters. The maximum atomic E-state index is 13.0. The molecule has 0 spiro atoms. The Bertz CT molecular complexity index is 825. The predicted octanol–water partition coefficient (Wildman–Crippen LogP) is 2.01. The van der Waals surface area contributed by atoms with Crippen molar-refractivity contribution in [2.45, 2.75) is 32.2 Å². The molecular formula is C24H35N3O5. The second-order valence-electron chi connectivity index (χ2n) is 8.97. The molecule has 1 aliphatic carbocycles. The number of rotatable bonds is 7. The molecule has 2 heterocycles. The van der Waals surface area contributed by atoms with E-state index in [2.05, 4.69) is 4.90 Å². The molecule has 0 aromatic heterocycles. The SMILES string of the molecule is COc1ccc(CN2CCN(C(=O)C3CCN(C(=O)C4CC4)CC3)CC2)c(OC)c1OC. The minimum Gasteiger partial charge on any atom is -0.493 e. The van der Waals surface area contributed by atoms with E-state index in [1.165, 1.54) is 0 Å². The number of hydrogen-bond donors (Lipinski definition) is 0. The van der Waals surface area contributed by atoms with Crippen molar-refractivity contribution in [3.63, 3.8) is 0 Å². The van der Waals surface area contributed by atoms with E-state index in [0.717, 1.165) is 77.1 Å². The third kappa shape index (κ3) is 4.80. The van der Waals surface area contributed by atoms with Gasteiger partial charge in [-0.3, -0.25) is 14.5 Å². The van der Waals surface area contributed by atoms with E-state index >= 15 is 0 Å². The van der Waals surface area contributed by atoms with Gasteiger partial charge in [0.05, 0.1) is 21.3 Å². The van der Waals surface area contributed by atoms with Gasteiger partial charge in [0, 0.05) is 63.2 Å². The molecular weight excluding hydrogens is 410 g/mol. The van der Waals surface area contributed by atoms with Gasteiger partial charge in [-0.05, 0) is 31.7 Å². The highest BCUT2D eigenvalue weighted by Crippen LogP contribution is 2.40. The Balaban J connectivity index is 1.28. The van der Waals surface area contributed by atoms with Gasteiger partial charge in [-0.1, -0.05) is 6.07 Å². The molecule has 4 rings (SSSR count). The van der Waals surface area contributed by atoms with Crippen LogP contribution in [0.15, 0.2) is 12.1 Å². The van der Waals surface area contributed by atoms with E-state index < -0.39 is 0 Å². The van der Waals surface area contributed by atoms with Crippen LogP contribution in [0.3, 0.4) is 0 Å². The normalized spacial score (nSPS) is 20.2. The van der Waals surface area contributed by atoms with E-state index in [1.54, 1.807) is 21.3 Å². The van der Waals surface area contributed by atoms with Gasteiger partial charge < -0.3 is 24.0 Å². The number of ether oxygens (including phenoxy) is 3. The molecule has 1 saturated carbocycles. The number of nitrogens with zero attached hydrogens (tertiary/aromatic N) is 3. The highest BCUT2D eigenvalue weighted by molar-refractivity contribution is 5.82. The standard InChI is InChI=1S/C24H35N3O5/c1-30-20-7-6-19(21(31-2)22(20)32-3)16-25-12-14-27(15-13-25)24(29)18-8-10-26(11-9-18)23(28)17-4-5-17/h6-7,17-18H,4-5,8-16H2,1-3H3. The summed E-state index contributed by atoms with van der Waals surface area (Å²) in [5, 5.41) is 0. The number of piperazine rings is 1. The molecule has 2 saturated heterocycles. The lowest BCUT2D eigenvalue weighted by molar-refractivity contribution is -0.142. The minimum absolute atomic E-state index is 0.0516. The van der Waals surface area contributed by atoms with Crippen LogP contribution in [0, 0.1) is 11.8 Å². The van der Waals surface area contributed by atoms with Crippen LogP contribution in [0.1, 0.15) is 31.2 Å². The van der Waals surface area contributed by atoms with Gasteiger partial charge in [-0.15, -0.1) is 0 Å². The van der Waals surface area contributed by atoms with Crippen molar-refractivity contribution in [2.24, 2.45) is 11.8 Å². The van der Waals surface area contributed by atoms with Crippen molar-refractivity contribution in [1.29, 1.82) is 0 Å². The summed E-state index contributed by atoms with van der Waals surface area (Å²) in [5.74, 6) is 2.82. The van der Waals surface area contributed by atoms with Crippen molar-refractivity contribution in [1.82, 2.24) is 14.7 Å². The molecule has 0 N–H and O–H groups in total. The fourth-order valence-corrected chi connectivity index (χ4v) is 4.85. The second-order valence-corrected chi connectivity index (χ2v) is 8.97. The second kappa shape index (κ2) is 9.98. The zero-order valence-corrected chi connectivity index (χ0v) is 19.5. The van der Waals surface area contributed by atoms with Crippen molar-refractivity contribution >= 4 is 11.8 Å². The molecule has 2 aliphatic heterocycles. The molecule has 3 fully saturated rings. The van der Waals surface area contributed by atoms with Crippen LogP contribution in [0.4, 0.5) is 0 Å². The third-order valence-electron chi connectivity index (χ3n) is 6.95. The van der Waals surface area contributed by atoms with E-state index in [0.29, 0.717) is 23.2 Å². The summed E-state index contributed by atoms with van der Waals surface area (Å²) in [6.07, 6.45) is 3.66.